The first-order valence-electron chi connectivity index (χ1n) is 4.52. The van der Waals surface area contributed by atoms with Crippen molar-refractivity contribution in [2.45, 2.75) is 13.8 Å². The zero-order valence-corrected chi connectivity index (χ0v) is 10.1. The van der Waals surface area contributed by atoms with Crippen molar-refractivity contribution in [3.8, 4) is 0 Å². The summed E-state index contributed by atoms with van der Waals surface area (Å²) < 4.78 is 1.000. The van der Waals surface area contributed by atoms with Crippen LogP contribution < -0.4 is 11.1 Å². The third-order valence-corrected chi connectivity index (χ3v) is 2.45. The number of rotatable bonds is 3. The maximum atomic E-state index is 5.63. The Balaban J connectivity index is 2.64. The summed E-state index contributed by atoms with van der Waals surface area (Å²) in [6.45, 7) is 5.00. The molecule has 0 heterocycles. The number of nitrogen functional groups attached to an aromatic ring is 1. The van der Waals surface area contributed by atoms with Crippen LogP contribution in [0.25, 0.3) is 0 Å². The van der Waals surface area contributed by atoms with Crippen molar-refractivity contribution >= 4 is 27.3 Å². The van der Waals surface area contributed by atoms with Crippen LogP contribution in [0.5, 0.6) is 0 Å². The van der Waals surface area contributed by atoms with Gasteiger partial charge in [0.25, 0.3) is 0 Å². The van der Waals surface area contributed by atoms with Crippen LogP contribution in [0.3, 0.4) is 0 Å². The molecule has 0 aliphatic rings. The van der Waals surface area contributed by atoms with Gasteiger partial charge in [0, 0.05) is 22.4 Å². The normalized spacial score (nSPS) is 9.64. The molecule has 0 aromatic heterocycles. The van der Waals surface area contributed by atoms with E-state index in [4.69, 9.17) is 5.73 Å². The first-order valence-corrected chi connectivity index (χ1v) is 5.31. The monoisotopic (exact) mass is 254 g/mol. The summed E-state index contributed by atoms with van der Waals surface area (Å²) in [7, 11) is 0. The molecule has 0 spiro atoms. The summed E-state index contributed by atoms with van der Waals surface area (Å²) in [6, 6.07) is 5.75. The molecule has 0 aliphatic carbocycles. The van der Waals surface area contributed by atoms with Gasteiger partial charge in [-0.15, -0.1) is 0 Å². The Bertz CT molecular complexity index is 341. The lowest BCUT2D eigenvalue weighted by molar-refractivity contribution is 1.26. The fourth-order valence-electron chi connectivity index (χ4n) is 1.04. The molecule has 0 aliphatic heterocycles. The predicted molar refractivity (Wildman–Crippen MR) is 66.5 cm³/mol. The van der Waals surface area contributed by atoms with Gasteiger partial charge in [-0.25, -0.2) is 0 Å². The minimum atomic E-state index is 0.768. The smallest absolute Gasteiger partial charge is 0.0488 e. The summed E-state index contributed by atoms with van der Waals surface area (Å²) in [5, 5.41) is 3.29. The van der Waals surface area contributed by atoms with E-state index in [1.165, 1.54) is 5.57 Å². The van der Waals surface area contributed by atoms with Crippen LogP contribution in [0.15, 0.2) is 34.3 Å². The maximum Gasteiger partial charge on any atom is 0.0488 e. The molecule has 76 valence electrons. The minimum absolute atomic E-state index is 0.768. The van der Waals surface area contributed by atoms with Gasteiger partial charge in [-0.2, -0.15) is 0 Å². The van der Waals surface area contributed by atoms with Gasteiger partial charge in [0.05, 0.1) is 0 Å². The fraction of sp³-hybridized carbons (Fsp3) is 0.273. The second kappa shape index (κ2) is 5.05. The van der Waals surface area contributed by atoms with Crippen LogP contribution in [-0.4, -0.2) is 6.54 Å². The van der Waals surface area contributed by atoms with Crippen LogP contribution in [0.1, 0.15) is 13.8 Å². The lowest BCUT2D eigenvalue weighted by atomic mass is 10.2. The van der Waals surface area contributed by atoms with Gasteiger partial charge in [0.2, 0.25) is 0 Å². The molecule has 1 aromatic rings. The van der Waals surface area contributed by atoms with E-state index in [0.717, 1.165) is 22.4 Å². The van der Waals surface area contributed by atoms with Gasteiger partial charge >= 0.3 is 0 Å². The first kappa shape index (κ1) is 11.1. The number of nitrogens with two attached hydrogens (primary N) is 1. The molecule has 3 heteroatoms. The molecule has 0 saturated heterocycles. The van der Waals surface area contributed by atoms with Crippen molar-refractivity contribution in [2.24, 2.45) is 0 Å². The topological polar surface area (TPSA) is 38.0 Å². The zero-order valence-electron chi connectivity index (χ0n) is 8.47. The van der Waals surface area contributed by atoms with Gasteiger partial charge in [-0.3, -0.25) is 0 Å². The molecule has 1 aromatic carbocycles. The molecule has 1 rings (SSSR count). The Kier molecular flexibility index (Phi) is 4.01. The minimum Gasteiger partial charge on any atom is -0.399 e. The van der Waals surface area contributed by atoms with Gasteiger partial charge in [0.15, 0.2) is 0 Å². The SMILES string of the molecule is CC(C)=CCNc1ccc(N)cc1Br. The Hall–Kier alpha value is -0.960. The van der Waals surface area contributed by atoms with Crippen molar-refractivity contribution in [1.29, 1.82) is 0 Å². The third-order valence-electron chi connectivity index (χ3n) is 1.80. The van der Waals surface area contributed by atoms with Gasteiger partial charge in [-0.05, 0) is 48.0 Å². The number of halogens is 1. The molecule has 0 bridgehead atoms. The van der Waals surface area contributed by atoms with Crippen LogP contribution >= 0.6 is 15.9 Å². The largest absolute Gasteiger partial charge is 0.399 e. The van der Waals surface area contributed by atoms with E-state index in [1.54, 1.807) is 0 Å². The van der Waals surface area contributed by atoms with Crippen molar-refractivity contribution in [3.63, 3.8) is 0 Å². The highest BCUT2D eigenvalue weighted by molar-refractivity contribution is 9.10. The molecule has 14 heavy (non-hydrogen) atoms. The van der Waals surface area contributed by atoms with Crippen molar-refractivity contribution in [2.75, 3.05) is 17.6 Å². The summed E-state index contributed by atoms with van der Waals surface area (Å²) >= 11 is 3.45. The van der Waals surface area contributed by atoms with E-state index in [9.17, 15) is 0 Å². The van der Waals surface area contributed by atoms with E-state index in [2.05, 4.69) is 41.2 Å². The second-order valence-corrected chi connectivity index (χ2v) is 4.26. The Labute approximate surface area is 93.3 Å². The highest BCUT2D eigenvalue weighted by atomic mass is 79.9. The summed E-state index contributed by atoms with van der Waals surface area (Å²) in [5.41, 5.74) is 8.78. The van der Waals surface area contributed by atoms with E-state index >= 15 is 0 Å². The van der Waals surface area contributed by atoms with Gasteiger partial charge in [0.1, 0.15) is 0 Å². The Morgan fingerprint density at radius 3 is 2.79 bits per heavy atom. The highest BCUT2D eigenvalue weighted by Crippen LogP contribution is 2.24. The molecular formula is C11H15BrN2. The second-order valence-electron chi connectivity index (χ2n) is 3.40. The molecule has 0 atom stereocenters. The molecule has 0 radical (unpaired) electrons. The quantitative estimate of drug-likeness (QED) is 0.641. The number of allylic oxidation sites excluding steroid dienone is 1. The highest BCUT2D eigenvalue weighted by Gasteiger charge is 1.97. The third kappa shape index (κ3) is 3.42. The Morgan fingerprint density at radius 1 is 1.50 bits per heavy atom. The maximum absolute atomic E-state index is 5.63. The molecule has 0 fully saturated rings. The molecule has 0 unspecified atom stereocenters. The number of hydrogen-bond donors (Lipinski definition) is 2. The standard InChI is InChI=1S/C11H15BrN2/c1-8(2)5-6-14-11-4-3-9(13)7-10(11)12/h3-5,7,14H,6,13H2,1-2H3. The fourth-order valence-corrected chi connectivity index (χ4v) is 1.58. The summed E-state index contributed by atoms with van der Waals surface area (Å²) in [6.07, 6.45) is 2.14. The van der Waals surface area contributed by atoms with E-state index in [-0.39, 0.29) is 0 Å². The van der Waals surface area contributed by atoms with Crippen LogP contribution in [0.2, 0.25) is 0 Å². The van der Waals surface area contributed by atoms with Crippen LogP contribution in [0.4, 0.5) is 11.4 Å². The summed E-state index contributed by atoms with van der Waals surface area (Å²) in [5.74, 6) is 0. The molecular weight excluding hydrogens is 240 g/mol. The van der Waals surface area contributed by atoms with Gasteiger partial charge < -0.3 is 11.1 Å². The van der Waals surface area contributed by atoms with Crippen molar-refractivity contribution in [1.82, 2.24) is 0 Å². The van der Waals surface area contributed by atoms with Crippen molar-refractivity contribution in [3.05, 3.63) is 34.3 Å². The van der Waals surface area contributed by atoms with Crippen molar-refractivity contribution < 1.29 is 0 Å². The van der Waals surface area contributed by atoms with Crippen LogP contribution in [0, 0.1) is 0 Å². The average Bonchev–Trinajstić information content (AvgIpc) is 2.08. The van der Waals surface area contributed by atoms with E-state index in [1.807, 2.05) is 18.2 Å². The number of benzene rings is 1. The van der Waals surface area contributed by atoms with E-state index in [0.29, 0.717) is 0 Å². The zero-order chi connectivity index (χ0) is 10.6. The first-order chi connectivity index (χ1) is 6.59. The summed E-state index contributed by atoms with van der Waals surface area (Å²) in [4.78, 5) is 0. The molecule has 3 N–H and O–H groups in total. The van der Waals surface area contributed by atoms with Crippen LogP contribution in [-0.2, 0) is 0 Å². The van der Waals surface area contributed by atoms with E-state index < -0.39 is 0 Å². The van der Waals surface area contributed by atoms with Gasteiger partial charge in [-0.1, -0.05) is 11.6 Å². The lowest BCUT2D eigenvalue weighted by Crippen LogP contribution is -1.99. The lowest BCUT2D eigenvalue weighted by Gasteiger charge is -2.06. The average molecular weight is 255 g/mol. The Morgan fingerprint density at radius 2 is 2.21 bits per heavy atom. The molecule has 0 amide bonds. The molecule has 0 saturated carbocycles. The molecule has 2 nitrogen and oxygen atoms in total. The number of hydrogen-bond acceptors (Lipinski definition) is 2. The number of anilines is 2. The predicted octanol–water partition coefficient (Wildman–Crippen LogP) is 3.41. The number of nitrogens with one attached hydrogen (secondary N) is 1.